The van der Waals surface area contributed by atoms with Crippen molar-refractivity contribution < 1.29 is 27.5 Å². The van der Waals surface area contributed by atoms with E-state index in [1.165, 1.54) is 12.1 Å². The normalized spacial score (nSPS) is 15.1. The third-order valence-electron chi connectivity index (χ3n) is 5.39. The summed E-state index contributed by atoms with van der Waals surface area (Å²) in [5.41, 5.74) is -0.377. The number of rotatable bonds is 5. The van der Waals surface area contributed by atoms with Crippen molar-refractivity contribution >= 4 is 40.3 Å². The zero-order valence-corrected chi connectivity index (χ0v) is 22.1. The Morgan fingerprint density at radius 1 is 1.00 bits per heavy atom. The molecule has 0 aromatic heterocycles. The van der Waals surface area contributed by atoms with Gasteiger partial charge >= 0.3 is 12.3 Å². The van der Waals surface area contributed by atoms with Crippen LogP contribution in [0.15, 0.2) is 42.5 Å². The molecule has 35 heavy (non-hydrogen) atoms. The van der Waals surface area contributed by atoms with Crippen LogP contribution in [-0.4, -0.2) is 53.6 Å². The Hall–Kier alpha value is -2.34. The van der Waals surface area contributed by atoms with Gasteiger partial charge in [0.25, 0.3) is 0 Å². The van der Waals surface area contributed by atoms with Crippen molar-refractivity contribution in [3.05, 3.63) is 62.7 Å². The van der Waals surface area contributed by atoms with E-state index in [-0.39, 0.29) is 30.1 Å². The molecule has 2 aromatic carbocycles. The molecule has 1 aliphatic heterocycles. The first-order valence-corrected chi connectivity index (χ1v) is 12.3. The molecule has 0 radical (unpaired) electrons. The molecular weight excluding hydrogens is 574 g/mol. The zero-order valence-electron chi connectivity index (χ0n) is 19.9. The molecule has 2 amide bonds. The molecule has 1 heterocycles. The number of benzene rings is 2. The lowest BCUT2D eigenvalue weighted by Gasteiger charge is -2.36. The number of hydrogen-bond donors (Lipinski definition) is 1. The largest absolute Gasteiger partial charge is 0.444 e. The highest BCUT2D eigenvalue weighted by Gasteiger charge is 2.34. The fourth-order valence-electron chi connectivity index (χ4n) is 3.70. The summed E-state index contributed by atoms with van der Waals surface area (Å²) in [5, 5.41) is 2.57. The summed E-state index contributed by atoms with van der Waals surface area (Å²) in [6, 6.07) is 11.2. The summed E-state index contributed by atoms with van der Waals surface area (Å²) < 4.78 is 47.9. The maximum absolute atomic E-state index is 13.8. The van der Waals surface area contributed by atoms with Gasteiger partial charge in [0.15, 0.2) is 0 Å². The second-order valence-corrected chi connectivity index (χ2v) is 10.7. The number of anilines is 1. The van der Waals surface area contributed by atoms with Crippen molar-refractivity contribution in [2.45, 2.75) is 45.5 Å². The van der Waals surface area contributed by atoms with Crippen LogP contribution in [-0.2, 0) is 28.7 Å². The van der Waals surface area contributed by atoms with Crippen molar-refractivity contribution in [1.82, 2.24) is 9.80 Å². The lowest BCUT2D eigenvalue weighted by molar-refractivity contribution is -0.138. The van der Waals surface area contributed by atoms with Gasteiger partial charge in [0.05, 0.1) is 12.0 Å². The van der Waals surface area contributed by atoms with Crippen LogP contribution in [0, 0.1) is 3.57 Å². The van der Waals surface area contributed by atoms with Crippen LogP contribution in [0.1, 0.15) is 37.5 Å². The van der Waals surface area contributed by atoms with E-state index >= 15 is 0 Å². The third-order valence-corrected chi connectivity index (χ3v) is 6.11. The molecule has 190 valence electrons. The number of ether oxygens (including phenoxy) is 1. The van der Waals surface area contributed by atoms with Gasteiger partial charge in [-0.05, 0) is 78.8 Å². The van der Waals surface area contributed by atoms with E-state index in [0.717, 1.165) is 15.2 Å². The number of piperazine rings is 1. The summed E-state index contributed by atoms with van der Waals surface area (Å²) in [6.07, 6.45) is -4.91. The van der Waals surface area contributed by atoms with Crippen LogP contribution in [0.5, 0.6) is 0 Å². The highest BCUT2D eigenvalue weighted by Crippen LogP contribution is 2.34. The highest BCUT2D eigenvalue weighted by molar-refractivity contribution is 14.1. The van der Waals surface area contributed by atoms with E-state index in [4.69, 9.17) is 4.74 Å². The molecule has 0 saturated carbocycles. The first kappa shape index (κ1) is 27.3. The Balaban J connectivity index is 1.63. The molecule has 0 atom stereocenters. The van der Waals surface area contributed by atoms with E-state index in [1.807, 2.05) is 29.2 Å². The number of hydrogen-bond acceptors (Lipinski definition) is 4. The fraction of sp³-hybridized carbons (Fsp3) is 0.440. The van der Waals surface area contributed by atoms with Gasteiger partial charge in [-0.1, -0.05) is 18.2 Å². The van der Waals surface area contributed by atoms with Gasteiger partial charge in [-0.15, -0.1) is 0 Å². The van der Waals surface area contributed by atoms with Gasteiger partial charge in [-0.2, -0.15) is 13.2 Å². The van der Waals surface area contributed by atoms with Crippen LogP contribution in [0.3, 0.4) is 0 Å². The second kappa shape index (κ2) is 11.2. The van der Waals surface area contributed by atoms with Crippen molar-refractivity contribution in [1.29, 1.82) is 0 Å². The quantitative estimate of drug-likeness (QED) is 0.456. The van der Waals surface area contributed by atoms with Crippen LogP contribution in [0.25, 0.3) is 0 Å². The molecule has 0 aliphatic carbocycles. The average Bonchev–Trinajstić information content (AvgIpc) is 2.75. The fourth-order valence-corrected chi connectivity index (χ4v) is 4.06. The minimum atomic E-state index is -4.56. The van der Waals surface area contributed by atoms with Gasteiger partial charge in [-0.25, -0.2) is 4.79 Å². The summed E-state index contributed by atoms with van der Waals surface area (Å²) in [4.78, 5) is 28.0. The molecule has 1 fully saturated rings. The lowest BCUT2D eigenvalue weighted by atomic mass is 10.0. The number of halogens is 4. The average molecular weight is 603 g/mol. The van der Waals surface area contributed by atoms with Crippen LogP contribution >= 0.6 is 22.6 Å². The molecule has 0 bridgehead atoms. The van der Waals surface area contributed by atoms with Gasteiger partial charge in [0, 0.05) is 42.0 Å². The highest BCUT2D eigenvalue weighted by atomic mass is 127. The lowest BCUT2D eigenvalue weighted by Crippen LogP contribution is -2.49. The third kappa shape index (κ3) is 8.38. The molecule has 10 heteroatoms. The van der Waals surface area contributed by atoms with Crippen molar-refractivity contribution in [3.63, 3.8) is 0 Å². The topological polar surface area (TPSA) is 61.9 Å². The molecular formula is C25H29F3IN3O3. The predicted molar refractivity (Wildman–Crippen MR) is 136 cm³/mol. The van der Waals surface area contributed by atoms with Crippen LogP contribution < -0.4 is 5.32 Å². The Kier molecular flexibility index (Phi) is 8.68. The van der Waals surface area contributed by atoms with Crippen molar-refractivity contribution in [3.8, 4) is 0 Å². The number of nitrogens with one attached hydrogen (secondary N) is 1. The Morgan fingerprint density at radius 2 is 1.63 bits per heavy atom. The van der Waals surface area contributed by atoms with E-state index in [9.17, 15) is 22.8 Å². The van der Waals surface area contributed by atoms with E-state index in [0.29, 0.717) is 26.2 Å². The number of amides is 2. The summed E-state index contributed by atoms with van der Waals surface area (Å²) >= 11 is 2.16. The number of alkyl halides is 3. The number of carbonyl (C=O) groups excluding carboxylic acids is 2. The second-order valence-electron chi connectivity index (χ2n) is 9.46. The molecule has 0 spiro atoms. The molecule has 1 aliphatic rings. The SMILES string of the molecule is CC(C)(C)OC(=O)N1CCN(Cc2ccc(NC(=O)Cc3ccc(I)cc3)cc2C(F)(F)F)CC1. The summed E-state index contributed by atoms with van der Waals surface area (Å²) in [6.45, 7) is 7.08. The minimum Gasteiger partial charge on any atom is -0.444 e. The number of nitrogens with zero attached hydrogens (tertiary/aromatic N) is 2. The smallest absolute Gasteiger partial charge is 0.416 e. The predicted octanol–water partition coefficient (Wildman–Crippen LogP) is 5.54. The Bertz CT molecular complexity index is 1040. The first-order chi connectivity index (χ1) is 16.3. The molecule has 2 aromatic rings. The summed E-state index contributed by atoms with van der Waals surface area (Å²) in [5.74, 6) is -0.384. The van der Waals surface area contributed by atoms with E-state index in [1.54, 1.807) is 25.7 Å². The Morgan fingerprint density at radius 3 is 2.20 bits per heavy atom. The molecule has 3 rings (SSSR count). The number of carbonyl (C=O) groups is 2. The van der Waals surface area contributed by atoms with Gasteiger partial charge in [0.1, 0.15) is 5.60 Å². The first-order valence-electron chi connectivity index (χ1n) is 11.2. The molecule has 0 unspecified atom stereocenters. The van der Waals surface area contributed by atoms with Crippen LogP contribution in [0.2, 0.25) is 0 Å². The zero-order chi connectivity index (χ0) is 25.8. The maximum atomic E-state index is 13.8. The maximum Gasteiger partial charge on any atom is 0.416 e. The van der Waals surface area contributed by atoms with Crippen molar-refractivity contribution in [2.24, 2.45) is 0 Å². The summed E-state index contributed by atoms with van der Waals surface area (Å²) in [7, 11) is 0. The standard InChI is InChI=1S/C25H29F3IN3O3/c1-24(2,3)35-23(34)32-12-10-31(11-13-32)16-18-6-9-20(15-21(18)25(26,27)28)30-22(33)14-17-4-7-19(29)8-5-17/h4-9,15H,10-14,16H2,1-3H3,(H,30,33). The van der Waals surface area contributed by atoms with Gasteiger partial charge < -0.3 is 15.0 Å². The van der Waals surface area contributed by atoms with E-state index < -0.39 is 23.4 Å². The van der Waals surface area contributed by atoms with Crippen LogP contribution in [0.4, 0.5) is 23.7 Å². The Labute approximate surface area is 216 Å². The minimum absolute atomic E-state index is 0.0714. The van der Waals surface area contributed by atoms with Crippen molar-refractivity contribution in [2.75, 3.05) is 31.5 Å². The van der Waals surface area contributed by atoms with Gasteiger partial charge in [-0.3, -0.25) is 9.69 Å². The molecule has 1 N–H and O–H groups in total. The molecule has 6 nitrogen and oxygen atoms in total. The monoisotopic (exact) mass is 603 g/mol. The van der Waals surface area contributed by atoms with Gasteiger partial charge in [0.2, 0.25) is 5.91 Å². The molecule has 1 saturated heterocycles. The van der Waals surface area contributed by atoms with E-state index in [2.05, 4.69) is 27.9 Å².